The first-order valence-corrected chi connectivity index (χ1v) is 10.4. The van der Waals surface area contributed by atoms with Gasteiger partial charge in [0.15, 0.2) is 11.2 Å². The largest absolute Gasteiger partial charge is 0.394 e. The van der Waals surface area contributed by atoms with Crippen LogP contribution in [0.25, 0.3) is 0 Å². The molecule has 1 saturated heterocycles. The summed E-state index contributed by atoms with van der Waals surface area (Å²) in [5, 5.41) is 30.6. The number of aliphatic hydroxyl groups is 2. The van der Waals surface area contributed by atoms with Crippen LogP contribution in [-0.2, 0) is 19.1 Å². The fraction of sp³-hybridized carbons (Fsp3) is 0.900. The molecule has 0 radical (unpaired) electrons. The second-order valence-electron chi connectivity index (χ2n) is 9.49. The maximum atomic E-state index is 13.0. The lowest BCUT2D eigenvalue weighted by molar-refractivity contribution is -0.150. The van der Waals surface area contributed by atoms with Crippen molar-refractivity contribution in [1.29, 1.82) is 0 Å². The Bertz CT molecular complexity index is 536. The molecule has 0 aromatic carbocycles. The number of aliphatic hydroxyl groups excluding tert-OH is 2. The van der Waals surface area contributed by atoms with Crippen LogP contribution in [0.5, 0.6) is 0 Å². The lowest BCUT2D eigenvalue weighted by Gasteiger charge is -2.38. The van der Waals surface area contributed by atoms with E-state index in [0.29, 0.717) is 13.1 Å². The molecule has 0 saturated carbocycles. The first kappa shape index (κ1) is 26.7. The summed E-state index contributed by atoms with van der Waals surface area (Å²) in [5.74, 6) is -0.595. The highest BCUT2D eigenvalue weighted by molar-refractivity contribution is 5.86. The van der Waals surface area contributed by atoms with Crippen molar-refractivity contribution in [2.24, 2.45) is 0 Å². The highest BCUT2D eigenvalue weighted by atomic mass is 16.5. The van der Waals surface area contributed by atoms with Crippen LogP contribution in [0, 0.1) is 0 Å². The van der Waals surface area contributed by atoms with Gasteiger partial charge in [-0.3, -0.25) is 9.59 Å². The van der Waals surface area contributed by atoms with Gasteiger partial charge in [-0.25, -0.2) is 0 Å². The summed E-state index contributed by atoms with van der Waals surface area (Å²) < 4.78 is 11.4. The van der Waals surface area contributed by atoms with E-state index in [1.165, 1.54) is 0 Å². The van der Waals surface area contributed by atoms with Gasteiger partial charge in [0.2, 0.25) is 0 Å². The van der Waals surface area contributed by atoms with E-state index in [0.717, 1.165) is 0 Å². The minimum absolute atomic E-state index is 0.0327. The molecule has 1 rings (SSSR count). The second-order valence-corrected chi connectivity index (χ2v) is 9.49. The number of carbonyl (C=O) groups is 2. The lowest BCUT2D eigenvalue weighted by Crippen LogP contribution is -2.65. The Morgan fingerprint density at radius 2 is 1.03 bits per heavy atom. The fourth-order valence-electron chi connectivity index (χ4n) is 3.13. The van der Waals surface area contributed by atoms with Gasteiger partial charge in [-0.1, -0.05) is 0 Å². The van der Waals surface area contributed by atoms with E-state index >= 15 is 0 Å². The molecule has 30 heavy (non-hydrogen) atoms. The number of ether oxygens (including phenoxy) is 2. The summed E-state index contributed by atoms with van der Waals surface area (Å²) in [5.41, 5.74) is -3.66. The SMILES string of the molecule is CC1(C)CNC[C@](C)(OCCO)C(=O)NC(C)(C)CNC[C@@](C)(OCCO)C(=O)N1. The topological polar surface area (TPSA) is 141 Å². The lowest BCUT2D eigenvalue weighted by atomic mass is 9.97. The molecule has 1 aliphatic heterocycles. The quantitative estimate of drug-likeness (QED) is 0.298. The monoisotopic (exact) mass is 432 g/mol. The Kier molecular flexibility index (Phi) is 9.65. The number of hydrogen-bond acceptors (Lipinski definition) is 8. The average molecular weight is 433 g/mol. The van der Waals surface area contributed by atoms with Crippen molar-refractivity contribution in [3.8, 4) is 0 Å². The molecule has 2 amide bonds. The Labute approximate surface area is 179 Å². The van der Waals surface area contributed by atoms with Gasteiger partial charge < -0.3 is 41.0 Å². The zero-order chi connectivity index (χ0) is 23.1. The molecule has 0 aromatic rings. The van der Waals surface area contributed by atoms with Crippen molar-refractivity contribution in [1.82, 2.24) is 21.3 Å². The van der Waals surface area contributed by atoms with Crippen molar-refractivity contribution in [2.75, 3.05) is 52.6 Å². The summed E-state index contributed by atoms with van der Waals surface area (Å²) >= 11 is 0. The summed E-state index contributed by atoms with van der Waals surface area (Å²) in [7, 11) is 0. The van der Waals surface area contributed by atoms with Crippen LogP contribution in [0.15, 0.2) is 0 Å². The van der Waals surface area contributed by atoms with Gasteiger partial charge in [-0.05, 0) is 41.5 Å². The van der Waals surface area contributed by atoms with E-state index in [1.807, 2.05) is 27.7 Å². The predicted molar refractivity (Wildman–Crippen MR) is 113 cm³/mol. The minimum atomic E-state index is -1.19. The summed E-state index contributed by atoms with van der Waals surface area (Å²) in [6, 6.07) is 0. The van der Waals surface area contributed by atoms with E-state index in [1.54, 1.807) is 13.8 Å². The predicted octanol–water partition coefficient (Wildman–Crippen LogP) is -1.50. The van der Waals surface area contributed by atoms with Crippen LogP contribution in [0.3, 0.4) is 0 Å². The molecule has 0 spiro atoms. The fourth-order valence-corrected chi connectivity index (χ4v) is 3.13. The molecule has 0 aliphatic carbocycles. The molecule has 10 nitrogen and oxygen atoms in total. The molecule has 1 heterocycles. The summed E-state index contributed by atoms with van der Waals surface area (Å²) in [6.07, 6.45) is 0. The Morgan fingerprint density at radius 1 is 0.700 bits per heavy atom. The maximum absolute atomic E-state index is 13.0. The molecule has 6 N–H and O–H groups in total. The number of hydrogen-bond donors (Lipinski definition) is 6. The maximum Gasteiger partial charge on any atom is 0.253 e. The van der Waals surface area contributed by atoms with Crippen molar-refractivity contribution >= 4 is 11.8 Å². The van der Waals surface area contributed by atoms with Crippen molar-refractivity contribution < 1.29 is 29.3 Å². The standard InChI is InChI=1S/C20H40N4O6/c1-17(2)11-21-13-20(6,30-10-8-26)16(28)24-18(3,4)12-22-14-19(5,15(27)23-17)29-9-7-25/h21-22,25-26H,7-14H2,1-6H3,(H,23,27)(H,24,28)/t19-,20+. The summed E-state index contributed by atoms with van der Waals surface area (Å²) in [6.45, 7) is 11.6. The molecular formula is C20H40N4O6. The van der Waals surface area contributed by atoms with Gasteiger partial charge in [0, 0.05) is 37.3 Å². The van der Waals surface area contributed by atoms with Crippen LogP contribution < -0.4 is 21.3 Å². The molecule has 1 fully saturated rings. The zero-order valence-electron chi connectivity index (χ0n) is 19.2. The van der Waals surface area contributed by atoms with E-state index in [4.69, 9.17) is 19.7 Å². The number of rotatable bonds is 6. The van der Waals surface area contributed by atoms with E-state index < -0.39 is 22.3 Å². The van der Waals surface area contributed by atoms with Crippen LogP contribution in [0.1, 0.15) is 41.5 Å². The van der Waals surface area contributed by atoms with Gasteiger partial charge in [0.05, 0.1) is 26.4 Å². The number of nitrogens with one attached hydrogen (secondary N) is 4. The van der Waals surface area contributed by atoms with Crippen LogP contribution in [0.2, 0.25) is 0 Å². The molecule has 176 valence electrons. The Morgan fingerprint density at radius 3 is 1.33 bits per heavy atom. The van der Waals surface area contributed by atoms with Gasteiger partial charge in [-0.2, -0.15) is 0 Å². The molecule has 2 atom stereocenters. The minimum Gasteiger partial charge on any atom is -0.394 e. The third-order valence-electron chi connectivity index (χ3n) is 4.95. The Hall–Kier alpha value is -1.30. The van der Waals surface area contributed by atoms with Crippen molar-refractivity contribution in [3.63, 3.8) is 0 Å². The number of carbonyl (C=O) groups excluding carboxylic acids is 2. The van der Waals surface area contributed by atoms with E-state index in [9.17, 15) is 9.59 Å². The molecule has 10 heteroatoms. The van der Waals surface area contributed by atoms with Gasteiger partial charge in [0.1, 0.15) is 0 Å². The third kappa shape index (κ3) is 8.09. The Balaban J connectivity index is 3.11. The molecule has 1 aliphatic rings. The molecule has 0 unspecified atom stereocenters. The van der Waals surface area contributed by atoms with Crippen molar-refractivity contribution in [2.45, 2.75) is 63.8 Å². The van der Waals surface area contributed by atoms with Crippen LogP contribution in [0.4, 0.5) is 0 Å². The normalized spacial score (nSPS) is 30.8. The van der Waals surface area contributed by atoms with Gasteiger partial charge >= 0.3 is 0 Å². The zero-order valence-corrected chi connectivity index (χ0v) is 19.2. The van der Waals surface area contributed by atoms with Gasteiger partial charge in [0.25, 0.3) is 11.8 Å². The first-order valence-electron chi connectivity index (χ1n) is 10.4. The second kappa shape index (κ2) is 10.8. The third-order valence-corrected chi connectivity index (χ3v) is 4.95. The van der Waals surface area contributed by atoms with Crippen LogP contribution in [-0.4, -0.2) is 96.9 Å². The van der Waals surface area contributed by atoms with Crippen LogP contribution >= 0.6 is 0 Å². The van der Waals surface area contributed by atoms with E-state index in [-0.39, 0.29) is 51.3 Å². The van der Waals surface area contributed by atoms with Crippen molar-refractivity contribution in [3.05, 3.63) is 0 Å². The first-order chi connectivity index (χ1) is 13.8. The molecular weight excluding hydrogens is 392 g/mol. The summed E-state index contributed by atoms with van der Waals surface area (Å²) in [4.78, 5) is 26.0. The highest BCUT2D eigenvalue weighted by Gasteiger charge is 2.40. The molecule has 0 bridgehead atoms. The average Bonchev–Trinajstić information content (AvgIpc) is 2.62. The smallest absolute Gasteiger partial charge is 0.253 e. The van der Waals surface area contributed by atoms with Gasteiger partial charge in [-0.15, -0.1) is 0 Å². The molecule has 0 aromatic heterocycles. The van der Waals surface area contributed by atoms with E-state index in [2.05, 4.69) is 21.3 Å². The number of amides is 2. The highest BCUT2D eigenvalue weighted by Crippen LogP contribution is 2.16.